The summed E-state index contributed by atoms with van der Waals surface area (Å²) >= 11 is 0. The van der Waals surface area contributed by atoms with Crippen LogP contribution in [0.3, 0.4) is 0 Å². The number of nitrogen functional groups attached to an aromatic ring is 1. The molecule has 0 aliphatic heterocycles. The number of aliphatic carboxylic acids is 1. The first-order chi connectivity index (χ1) is 9.38. The Hall–Kier alpha value is -2.30. The van der Waals surface area contributed by atoms with Gasteiger partial charge >= 0.3 is 11.9 Å². The van der Waals surface area contributed by atoms with Crippen molar-refractivity contribution in [2.24, 2.45) is 5.92 Å². The zero-order chi connectivity index (χ0) is 15.5. The van der Waals surface area contributed by atoms with Gasteiger partial charge < -0.3 is 15.6 Å². The van der Waals surface area contributed by atoms with Crippen LogP contribution in [-0.2, 0) is 9.53 Å². The summed E-state index contributed by atoms with van der Waals surface area (Å²) < 4.78 is 4.82. The fourth-order valence-corrected chi connectivity index (χ4v) is 1.24. The van der Waals surface area contributed by atoms with Crippen molar-refractivity contribution in [1.29, 1.82) is 0 Å². The van der Waals surface area contributed by atoms with E-state index in [1.165, 1.54) is 6.08 Å². The van der Waals surface area contributed by atoms with E-state index >= 15 is 0 Å². The highest BCUT2D eigenvalue weighted by Crippen LogP contribution is 2.11. The summed E-state index contributed by atoms with van der Waals surface area (Å²) in [7, 11) is 0. The molecule has 5 heteroatoms. The lowest BCUT2D eigenvalue weighted by molar-refractivity contribution is -0.137. The first kappa shape index (κ1) is 17.7. The molecule has 0 atom stereocenters. The maximum absolute atomic E-state index is 11.3. The molecule has 5 nitrogen and oxygen atoms in total. The van der Waals surface area contributed by atoms with Gasteiger partial charge in [0.1, 0.15) is 6.61 Å². The van der Waals surface area contributed by atoms with Crippen LogP contribution < -0.4 is 5.73 Å². The van der Waals surface area contributed by atoms with Gasteiger partial charge in [0.2, 0.25) is 0 Å². The third-order valence-corrected chi connectivity index (χ3v) is 2.10. The Bertz CT molecular complexity index is 455. The predicted octanol–water partition coefficient (Wildman–Crippen LogP) is 2.73. The number of hydrogen-bond acceptors (Lipinski definition) is 4. The van der Waals surface area contributed by atoms with Crippen LogP contribution in [-0.4, -0.2) is 23.7 Å². The minimum Gasteiger partial charge on any atom is -0.481 e. The maximum atomic E-state index is 11.3. The van der Waals surface area contributed by atoms with Crippen LogP contribution in [0.2, 0.25) is 0 Å². The lowest BCUT2D eigenvalue weighted by Crippen LogP contribution is -2.07. The summed E-state index contributed by atoms with van der Waals surface area (Å²) in [6.45, 7) is 7.41. The second-order valence-corrected chi connectivity index (χ2v) is 4.47. The minimum absolute atomic E-state index is 0.202. The zero-order valence-electron chi connectivity index (χ0n) is 11.8. The molecule has 0 heterocycles. The molecule has 1 aromatic carbocycles. The van der Waals surface area contributed by atoms with Gasteiger partial charge in [0, 0.05) is 12.1 Å². The molecule has 0 spiro atoms. The largest absolute Gasteiger partial charge is 0.481 e. The van der Waals surface area contributed by atoms with Gasteiger partial charge in [0.05, 0.1) is 5.56 Å². The van der Waals surface area contributed by atoms with Crippen LogP contribution in [0.25, 0.3) is 0 Å². The van der Waals surface area contributed by atoms with E-state index in [1.807, 2.05) is 13.8 Å². The van der Waals surface area contributed by atoms with E-state index in [9.17, 15) is 9.59 Å². The molecule has 20 heavy (non-hydrogen) atoms. The number of rotatable bonds is 5. The lowest BCUT2D eigenvalue weighted by atomic mass is 10.1. The second kappa shape index (κ2) is 9.61. The number of benzene rings is 1. The van der Waals surface area contributed by atoms with E-state index in [0.717, 1.165) is 0 Å². The van der Waals surface area contributed by atoms with Crippen LogP contribution in [0.1, 0.15) is 30.6 Å². The smallest absolute Gasteiger partial charge is 0.340 e. The number of esters is 1. The Morgan fingerprint density at radius 3 is 2.40 bits per heavy atom. The van der Waals surface area contributed by atoms with Gasteiger partial charge in [-0.25, -0.2) is 4.79 Å². The highest BCUT2D eigenvalue weighted by atomic mass is 16.5. The average Bonchev–Trinajstić information content (AvgIpc) is 2.35. The number of carbonyl (C=O) groups is 2. The van der Waals surface area contributed by atoms with Crippen molar-refractivity contribution in [3.63, 3.8) is 0 Å². The number of para-hydroxylation sites is 1. The first-order valence-corrected chi connectivity index (χ1v) is 6.22. The Labute approximate surface area is 119 Å². The number of carboxylic acids is 1. The Morgan fingerprint density at radius 1 is 1.40 bits per heavy atom. The summed E-state index contributed by atoms with van der Waals surface area (Å²) in [5.74, 6) is -0.856. The van der Waals surface area contributed by atoms with E-state index in [-0.39, 0.29) is 18.9 Å². The Morgan fingerprint density at radius 2 is 2.00 bits per heavy atom. The highest BCUT2D eigenvalue weighted by molar-refractivity contribution is 5.94. The average molecular weight is 279 g/mol. The molecule has 0 unspecified atom stereocenters. The number of ether oxygens (including phenoxy) is 1. The van der Waals surface area contributed by atoms with Crippen molar-refractivity contribution in [3.05, 3.63) is 42.5 Å². The molecule has 0 radical (unpaired) electrons. The number of carboxylic acid groups (broad SMARTS) is 1. The SMILES string of the molecule is C=CCOC(=O)c1ccccc1N.CC(C)CC(=O)O. The molecular formula is C15H21NO4. The summed E-state index contributed by atoms with van der Waals surface area (Å²) in [5.41, 5.74) is 6.39. The van der Waals surface area contributed by atoms with Gasteiger partial charge in [-0.1, -0.05) is 38.6 Å². The molecule has 0 bridgehead atoms. The normalized spacial score (nSPS) is 9.35. The molecule has 0 saturated carbocycles. The molecule has 110 valence electrons. The zero-order valence-corrected chi connectivity index (χ0v) is 11.8. The highest BCUT2D eigenvalue weighted by Gasteiger charge is 2.08. The minimum atomic E-state index is -0.713. The summed E-state index contributed by atoms with van der Waals surface area (Å²) in [6, 6.07) is 6.78. The van der Waals surface area contributed by atoms with Crippen LogP contribution in [0.15, 0.2) is 36.9 Å². The van der Waals surface area contributed by atoms with Crippen molar-refractivity contribution < 1.29 is 19.4 Å². The van der Waals surface area contributed by atoms with Crippen molar-refractivity contribution >= 4 is 17.6 Å². The molecule has 1 aromatic rings. The van der Waals surface area contributed by atoms with E-state index in [2.05, 4.69) is 6.58 Å². The van der Waals surface area contributed by atoms with Gasteiger partial charge in [-0.3, -0.25) is 4.79 Å². The number of anilines is 1. The molecular weight excluding hydrogens is 258 g/mol. The summed E-state index contributed by atoms with van der Waals surface area (Å²) in [4.78, 5) is 21.1. The van der Waals surface area contributed by atoms with Crippen LogP contribution >= 0.6 is 0 Å². The Balaban J connectivity index is 0.000000441. The van der Waals surface area contributed by atoms with E-state index < -0.39 is 11.9 Å². The van der Waals surface area contributed by atoms with Crippen molar-refractivity contribution in [2.75, 3.05) is 12.3 Å². The molecule has 0 aliphatic rings. The van der Waals surface area contributed by atoms with Gasteiger partial charge in [-0.15, -0.1) is 0 Å². The molecule has 3 N–H and O–H groups in total. The quantitative estimate of drug-likeness (QED) is 0.491. The number of carbonyl (C=O) groups excluding carboxylic acids is 1. The van der Waals surface area contributed by atoms with Gasteiger partial charge in [0.25, 0.3) is 0 Å². The lowest BCUT2D eigenvalue weighted by Gasteiger charge is -2.03. The third kappa shape index (κ3) is 7.92. The van der Waals surface area contributed by atoms with E-state index in [1.54, 1.807) is 24.3 Å². The third-order valence-electron chi connectivity index (χ3n) is 2.10. The van der Waals surface area contributed by atoms with Crippen molar-refractivity contribution in [1.82, 2.24) is 0 Å². The molecule has 0 fully saturated rings. The standard InChI is InChI=1S/C10H11NO2.C5H10O2/c1-2-7-13-10(12)8-5-3-4-6-9(8)11;1-4(2)3-5(6)7/h2-6H,1,7,11H2;4H,3H2,1-2H3,(H,6,7). The Kier molecular flexibility index (Phi) is 8.50. The fourth-order valence-electron chi connectivity index (χ4n) is 1.24. The van der Waals surface area contributed by atoms with Crippen molar-refractivity contribution in [3.8, 4) is 0 Å². The molecule has 0 aliphatic carbocycles. The van der Waals surface area contributed by atoms with E-state index in [0.29, 0.717) is 11.3 Å². The number of hydrogen-bond donors (Lipinski definition) is 2. The van der Waals surface area contributed by atoms with Crippen LogP contribution in [0.4, 0.5) is 5.69 Å². The van der Waals surface area contributed by atoms with Crippen molar-refractivity contribution in [2.45, 2.75) is 20.3 Å². The molecule has 0 aromatic heterocycles. The second-order valence-electron chi connectivity index (χ2n) is 4.47. The molecule has 0 amide bonds. The first-order valence-electron chi connectivity index (χ1n) is 6.22. The van der Waals surface area contributed by atoms with Gasteiger partial charge in [-0.2, -0.15) is 0 Å². The fraction of sp³-hybridized carbons (Fsp3) is 0.333. The monoisotopic (exact) mass is 279 g/mol. The summed E-state index contributed by atoms with van der Waals surface area (Å²) in [5, 5.41) is 8.08. The van der Waals surface area contributed by atoms with Gasteiger partial charge in [0.15, 0.2) is 0 Å². The van der Waals surface area contributed by atoms with Crippen LogP contribution in [0, 0.1) is 5.92 Å². The predicted molar refractivity (Wildman–Crippen MR) is 78.4 cm³/mol. The topological polar surface area (TPSA) is 89.6 Å². The number of nitrogens with two attached hydrogens (primary N) is 1. The molecule has 1 rings (SSSR count). The maximum Gasteiger partial charge on any atom is 0.340 e. The van der Waals surface area contributed by atoms with E-state index in [4.69, 9.17) is 15.6 Å². The summed E-state index contributed by atoms with van der Waals surface area (Å²) in [6.07, 6.45) is 1.79. The molecule has 0 saturated heterocycles. The van der Waals surface area contributed by atoms with Gasteiger partial charge in [-0.05, 0) is 18.1 Å². The van der Waals surface area contributed by atoms with Crippen LogP contribution in [0.5, 0.6) is 0 Å².